The lowest BCUT2D eigenvalue weighted by molar-refractivity contribution is 0.0683. The lowest BCUT2D eigenvalue weighted by atomic mass is 9.90. The fraction of sp³-hybridized carbons (Fsp3) is 0.435. The van der Waals surface area contributed by atoms with E-state index in [9.17, 15) is 4.79 Å². The average molecular weight is 383 g/mol. The minimum atomic E-state index is 0.0179. The lowest BCUT2D eigenvalue weighted by Gasteiger charge is -2.32. The summed E-state index contributed by atoms with van der Waals surface area (Å²) < 4.78 is 15.8. The molecule has 1 amide bonds. The first-order chi connectivity index (χ1) is 13.6. The number of benzene rings is 2. The number of hydrogen-bond donors (Lipinski definition) is 0. The lowest BCUT2D eigenvalue weighted by Crippen LogP contribution is -2.38. The third-order valence-corrected chi connectivity index (χ3v) is 5.54. The molecule has 5 heteroatoms. The van der Waals surface area contributed by atoms with E-state index in [-0.39, 0.29) is 5.91 Å². The van der Waals surface area contributed by atoms with Gasteiger partial charge < -0.3 is 19.1 Å². The van der Waals surface area contributed by atoms with Gasteiger partial charge in [0.25, 0.3) is 5.91 Å². The summed E-state index contributed by atoms with van der Waals surface area (Å²) in [7, 11) is 4.87. The molecule has 0 aromatic heterocycles. The molecule has 0 radical (unpaired) electrons. The van der Waals surface area contributed by atoms with Crippen LogP contribution in [0.5, 0.6) is 17.2 Å². The van der Waals surface area contributed by atoms with Crippen molar-refractivity contribution in [2.75, 3.05) is 34.4 Å². The molecular formula is C23H29NO4. The van der Waals surface area contributed by atoms with Crippen molar-refractivity contribution < 1.29 is 19.0 Å². The van der Waals surface area contributed by atoms with Gasteiger partial charge in [-0.15, -0.1) is 0 Å². The van der Waals surface area contributed by atoms with Crippen molar-refractivity contribution in [3.8, 4) is 17.2 Å². The van der Waals surface area contributed by atoms with Gasteiger partial charge in [0.15, 0.2) is 0 Å². The first-order valence-electron chi connectivity index (χ1n) is 9.79. The largest absolute Gasteiger partial charge is 0.497 e. The number of rotatable bonds is 7. The second-order valence-corrected chi connectivity index (χ2v) is 7.19. The Kier molecular flexibility index (Phi) is 6.80. The van der Waals surface area contributed by atoms with Gasteiger partial charge in [-0.3, -0.25) is 4.79 Å². The Hall–Kier alpha value is -2.69. The Morgan fingerprint density at radius 3 is 2.18 bits per heavy atom. The topological polar surface area (TPSA) is 48.0 Å². The third-order valence-electron chi connectivity index (χ3n) is 5.54. The van der Waals surface area contributed by atoms with E-state index in [1.807, 2.05) is 17.0 Å². The van der Waals surface area contributed by atoms with Crippen LogP contribution in [0.25, 0.3) is 0 Å². The van der Waals surface area contributed by atoms with Crippen molar-refractivity contribution >= 4 is 5.91 Å². The van der Waals surface area contributed by atoms with Crippen LogP contribution in [-0.2, 0) is 6.42 Å². The molecule has 28 heavy (non-hydrogen) atoms. The van der Waals surface area contributed by atoms with Crippen LogP contribution < -0.4 is 14.2 Å². The van der Waals surface area contributed by atoms with Crippen molar-refractivity contribution in [1.29, 1.82) is 0 Å². The van der Waals surface area contributed by atoms with Gasteiger partial charge >= 0.3 is 0 Å². The number of carbonyl (C=O) groups excluding carboxylic acids is 1. The Labute approximate surface area is 167 Å². The molecule has 1 saturated heterocycles. The van der Waals surface area contributed by atoms with Crippen LogP contribution in [-0.4, -0.2) is 45.2 Å². The van der Waals surface area contributed by atoms with Gasteiger partial charge in [0.1, 0.15) is 17.2 Å². The van der Waals surface area contributed by atoms with Gasteiger partial charge in [-0.25, -0.2) is 0 Å². The highest BCUT2D eigenvalue weighted by atomic mass is 16.5. The quantitative estimate of drug-likeness (QED) is 0.719. The molecule has 0 aliphatic carbocycles. The summed E-state index contributed by atoms with van der Waals surface area (Å²) >= 11 is 0. The Bertz CT molecular complexity index is 780. The molecule has 0 unspecified atom stereocenters. The minimum Gasteiger partial charge on any atom is -0.497 e. The van der Waals surface area contributed by atoms with Crippen LogP contribution in [0, 0.1) is 5.92 Å². The maximum Gasteiger partial charge on any atom is 0.257 e. The van der Waals surface area contributed by atoms with Crippen molar-refractivity contribution in [2.24, 2.45) is 5.92 Å². The molecule has 0 spiro atoms. The van der Waals surface area contributed by atoms with Gasteiger partial charge in [0, 0.05) is 13.1 Å². The van der Waals surface area contributed by atoms with Crippen LogP contribution in [0.2, 0.25) is 0 Å². The number of carbonyl (C=O) groups is 1. The number of likely N-dealkylation sites (tertiary alicyclic amines) is 1. The number of piperidine rings is 1. The average Bonchev–Trinajstić information content (AvgIpc) is 2.77. The standard InChI is InChI=1S/C23H29NO4/c1-26-19-8-6-17(7-9-19)4-5-18-12-14-24(15-13-18)23(25)21-16-20(27-2)10-11-22(21)28-3/h6-11,16,18H,4-5,12-15H2,1-3H3. The second-order valence-electron chi connectivity index (χ2n) is 7.19. The number of amides is 1. The van der Waals surface area contributed by atoms with E-state index in [2.05, 4.69) is 12.1 Å². The highest BCUT2D eigenvalue weighted by Crippen LogP contribution is 2.28. The van der Waals surface area contributed by atoms with Gasteiger partial charge in [-0.2, -0.15) is 0 Å². The molecule has 150 valence electrons. The van der Waals surface area contributed by atoms with E-state index >= 15 is 0 Å². The summed E-state index contributed by atoms with van der Waals surface area (Å²) in [6.45, 7) is 1.57. The number of ether oxygens (including phenoxy) is 3. The zero-order chi connectivity index (χ0) is 19.9. The highest BCUT2D eigenvalue weighted by molar-refractivity contribution is 5.97. The number of aryl methyl sites for hydroxylation is 1. The number of hydrogen-bond acceptors (Lipinski definition) is 4. The maximum atomic E-state index is 13.0. The van der Waals surface area contributed by atoms with E-state index < -0.39 is 0 Å². The summed E-state index contributed by atoms with van der Waals surface area (Å²) in [4.78, 5) is 14.9. The van der Waals surface area contributed by atoms with E-state index in [0.29, 0.717) is 23.0 Å². The molecule has 0 bridgehead atoms. The SMILES string of the molecule is COc1ccc(CCC2CCN(C(=O)c3cc(OC)ccc3OC)CC2)cc1. The van der Waals surface area contributed by atoms with E-state index in [1.54, 1.807) is 39.5 Å². The fourth-order valence-electron chi connectivity index (χ4n) is 3.74. The molecule has 0 N–H and O–H groups in total. The summed E-state index contributed by atoms with van der Waals surface area (Å²) in [5, 5.41) is 0. The predicted molar refractivity (Wildman–Crippen MR) is 109 cm³/mol. The van der Waals surface area contributed by atoms with Gasteiger partial charge in [0.2, 0.25) is 0 Å². The Balaban J connectivity index is 1.54. The van der Waals surface area contributed by atoms with Crippen LogP contribution in [0.3, 0.4) is 0 Å². The van der Waals surface area contributed by atoms with Crippen molar-refractivity contribution in [2.45, 2.75) is 25.7 Å². The molecule has 3 rings (SSSR count). The number of methoxy groups -OCH3 is 3. The maximum absolute atomic E-state index is 13.0. The fourth-order valence-corrected chi connectivity index (χ4v) is 3.74. The molecule has 1 aliphatic rings. The van der Waals surface area contributed by atoms with Gasteiger partial charge in [0.05, 0.1) is 26.9 Å². The van der Waals surface area contributed by atoms with Crippen molar-refractivity contribution in [3.05, 3.63) is 53.6 Å². The zero-order valence-electron chi connectivity index (χ0n) is 16.9. The second kappa shape index (κ2) is 9.49. The van der Waals surface area contributed by atoms with Gasteiger partial charge in [-0.05, 0) is 67.5 Å². The summed E-state index contributed by atoms with van der Waals surface area (Å²) in [5.74, 6) is 2.82. The van der Waals surface area contributed by atoms with Crippen molar-refractivity contribution in [3.63, 3.8) is 0 Å². The molecule has 2 aromatic rings. The van der Waals surface area contributed by atoms with E-state index in [4.69, 9.17) is 14.2 Å². The molecule has 0 saturated carbocycles. The summed E-state index contributed by atoms with van der Waals surface area (Å²) in [6.07, 6.45) is 4.28. The van der Waals surface area contributed by atoms with Crippen LogP contribution in [0.4, 0.5) is 0 Å². The first kappa shape index (κ1) is 20.1. The molecule has 1 fully saturated rings. The Morgan fingerprint density at radius 2 is 1.57 bits per heavy atom. The number of nitrogens with zero attached hydrogens (tertiary/aromatic N) is 1. The molecular weight excluding hydrogens is 354 g/mol. The third kappa shape index (κ3) is 4.77. The summed E-state index contributed by atoms with van der Waals surface area (Å²) in [5.41, 5.74) is 1.90. The van der Waals surface area contributed by atoms with Crippen molar-refractivity contribution in [1.82, 2.24) is 4.90 Å². The van der Waals surface area contributed by atoms with Crippen LogP contribution in [0.15, 0.2) is 42.5 Å². The van der Waals surface area contributed by atoms with Gasteiger partial charge in [-0.1, -0.05) is 12.1 Å². The first-order valence-corrected chi connectivity index (χ1v) is 9.79. The predicted octanol–water partition coefficient (Wildman–Crippen LogP) is 4.20. The monoisotopic (exact) mass is 383 g/mol. The smallest absolute Gasteiger partial charge is 0.257 e. The molecule has 1 aliphatic heterocycles. The molecule has 2 aromatic carbocycles. The summed E-state index contributed by atoms with van der Waals surface area (Å²) in [6, 6.07) is 13.6. The Morgan fingerprint density at radius 1 is 0.929 bits per heavy atom. The zero-order valence-corrected chi connectivity index (χ0v) is 16.9. The highest BCUT2D eigenvalue weighted by Gasteiger charge is 2.25. The normalized spacial score (nSPS) is 14.6. The van der Waals surface area contributed by atoms with E-state index in [0.717, 1.165) is 44.5 Å². The molecule has 1 heterocycles. The molecule has 5 nitrogen and oxygen atoms in total. The van der Waals surface area contributed by atoms with Crippen LogP contribution >= 0.6 is 0 Å². The minimum absolute atomic E-state index is 0.0179. The molecule has 0 atom stereocenters. The van der Waals surface area contributed by atoms with Crippen LogP contribution in [0.1, 0.15) is 35.2 Å². The van der Waals surface area contributed by atoms with E-state index in [1.165, 1.54) is 5.56 Å².